The summed E-state index contributed by atoms with van der Waals surface area (Å²) in [6, 6.07) is 1.48. The third kappa shape index (κ3) is 4.72. The van der Waals surface area contributed by atoms with Crippen LogP contribution in [0.5, 0.6) is 0 Å². The number of carbonyl (C=O) groups is 1. The van der Waals surface area contributed by atoms with Crippen molar-refractivity contribution < 1.29 is 4.79 Å². The van der Waals surface area contributed by atoms with Crippen LogP contribution in [0.4, 0.5) is 5.82 Å². The van der Waals surface area contributed by atoms with Gasteiger partial charge in [-0.05, 0) is 6.92 Å². The molecule has 0 saturated heterocycles. The number of rotatable bonds is 3. The second-order valence-corrected chi connectivity index (χ2v) is 3.31. The van der Waals surface area contributed by atoms with Crippen LogP contribution in [0.1, 0.15) is 32.0 Å². The maximum absolute atomic E-state index is 11.6. The molecule has 1 aromatic rings. The van der Waals surface area contributed by atoms with Crippen molar-refractivity contribution in [1.29, 1.82) is 0 Å². The van der Waals surface area contributed by atoms with Crippen LogP contribution in [0.2, 0.25) is 0 Å². The molecule has 0 aliphatic carbocycles. The van der Waals surface area contributed by atoms with E-state index in [1.54, 1.807) is 14.0 Å². The maximum atomic E-state index is 11.6. The molecule has 0 saturated carbocycles. The molecule has 0 fully saturated rings. The Hall–Kier alpha value is -1.78. The predicted molar refractivity (Wildman–Crippen MR) is 70.2 cm³/mol. The number of anilines is 1. The quantitative estimate of drug-likeness (QED) is 0.746. The van der Waals surface area contributed by atoms with E-state index >= 15 is 0 Å². The van der Waals surface area contributed by atoms with Crippen LogP contribution in [-0.4, -0.2) is 17.9 Å². The van der Waals surface area contributed by atoms with E-state index in [0.717, 1.165) is 5.69 Å². The predicted octanol–water partition coefficient (Wildman–Crippen LogP) is 1.39. The summed E-state index contributed by atoms with van der Waals surface area (Å²) >= 11 is 0. The van der Waals surface area contributed by atoms with E-state index in [1.807, 2.05) is 13.8 Å². The van der Waals surface area contributed by atoms with Gasteiger partial charge < -0.3 is 15.6 Å². The van der Waals surface area contributed by atoms with Gasteiger partial charge in [0.05, 0.1) is 0 Å². The molecule has 5 heteroatoms. The van der Waals surface area contributed by atoms with E-state index < -0.39 is 0 Å². The zero-order chi connectivity index (χ0) is 13.4. The number of carbonyl (C=O) groups excluding carboxylic acids is 1. The van der Waals surface area contributed by atoms with Gasteiger partial charge in [0.2, 0.25) is 5.91 Å². The fourth-order valence-corrected chi connectivity index (χ4v) is 1.28. The molecule has 3 N–H and O–H groups in total. The van der Waals surface area contributed by atoms with Gasteiger partial charge in [-0.15, -0.1) is 0 Å². The molecule has 0 unspecified atom stereocenters. The minimum Gasteiger partial charge on any atom is -0.375 e. The lowest BCUT2D eigenvalue weighted by Gasteiger charge is -2.08. The summed E-state index contributed by atoms with van der Waals surface area (Å²) in [7, 11) is 1.73. The molecule has 1 rings (SSSR count). The Labute approximate surface area is 102 Å². The Morgan fingerprint density at radius 3 is 2.41 bits per heavy atom. The second-order valence-electron chi connectivity index (χ2n) is 3.31. The van der Waals surface area contributed by atoms with Crippen LogP contribution in [0.25, 0.3) is 0 Å². The third-order valence-corrected chi connectivity index (χ3v) is 2.13. The largest absolute Gasteiger partial charge is 0.375 e. The standard InChI is InChI=1S/C10H15N3O2.C2H6/c1-6-8(5-12-7(2)14)9(15)4-10(11-3)13-6;1-2/h4H,5H2,1-3H3,(H,12,14)(H2,11,13,15);1-2H3. The Bertz CT molecular complexity index is 424. The highest BCUT2D eigenvalue weighted by atomic mass is 16.1. The molecule has 0 aromatic carbocycles. The number of pyridine rings is 1. The van der Waals surface area contributed by atoms with Crippen molar-refractivity contribution in [1.82, 2.24) is 10.3 Å². The third-order valence-electron chi connectivity index (χ3n) is 2.13. The Morgan fingerprint density at radius 1 is 1.41 bits per heavy atom. The lowest BCUT2D eigenvalue weighted by Crippen LogP contribution is -2.25. The van der Waals surface area contributed by atoms with Crippen molar-refractivity contribution in [2.45, 2.75) is 34.2 Å². The highest BCUT2D eigenvalue weighted by molar-refractivity contribution is 5.72. The highest BCUT2D eigenvalue weighted by Crippen LogP contribution is 2.04. The molecular weight excluding hydrogens is 218 g/mol. The van der Waals surface area contributed by atoms with E-state index in [4.69, 9.17) is 0 Å². The number of amides is 1. The molecule has 0 aliphatic heterocycles. The first-order chi connectivity index (χ1) is 8.04. The Morgan fingerprint density at radius 2 is 2.00 bits per heavy atom. The molecule has 0 bridgehead atoms. The summed E-state index contributed by atoms with van der Waals surface area (Å²) in [5, 5.41) is 5.46. The molecule has 0 aliphatic rings. The number of aromatic amines is 1. The van der Waals surface area contributed by atoms with Gasteiger partial charge >= 0.3 is 0 Å². The number of H-pyrrole nitrogens is 1. The number of aryl methyl sites for hydroxylation is 1. The van der Waals surface area contributed by atoms with Gasteiger partial charge in [0.15, 0.2) is 5.43 Å². The summed E-state index contributed by atoms with van der Waals surface area (Å²) in [4.78, 5) is 25.4. The molecule has 96 valence electrons. The fraction of sp³-hybridized carbons (Fsp3) is 0.500. The van der Waals surface area contributed by atoms with Gasteiger partial charge in [-0.3, -0.25) is 9.59 Å². The SMILES string of the molecule is CC.CNc1cc(=O)c(CNC(C)=O)c(C)[nH]1. The van der Waals surface area contributed by atoms with Crippen molar-refractivity contribution >= 4 is 11.7 Å². The topological polar surface area (TPSA) is 74.0 Å². The molecule has 1 aromatic heterocycles. The smallest absolute Gasteiger partial charge is 0.217 e. The van der Waals surface area contributed by atoms with Crippen molar-refractivity contribution in [3.63, 3.8) is 0 Å². The van der Waals surface area contributed by atoms with Crippen LogP contribution < -0.4 is 16.1 Å². The Kier molecular flexibility index (Phi) is 6.70. The van der Waals surface area contributed by atoms with E-state index in [9.17, 15) is 9.59 Å². The van der Waals surface area contributed by atoms with Gasteiger partial charge in [-0.2, -0.15) is 0 Å². The minimum atomic E-state index is -0.147. The van der Waals surface area contributed by atoms with Gasteiger partial charge in [0.1, 0.15) is 5.82 Å². The normalized spacial score (nSPS) is 9.00. The first-order valence-corrected chi connectivity index (χ1v) is 5.69. The summed E-state index contributed by atoms with van der Waals surface area (Å²) < 4.78 is 0. The van der Waals surface area contributed by atoms with E-state index in [1.165, 1.54) is 13.0 Å². The summed E-state index contributed by atoms with van der Waals surface area (Å²) in [5.74, 6) is 0.524. The zero-order valence-electron chi connectivity index (χ0n) is 11.1. The van der Waals surface area contributed by atoms with Gasteiger partial charge in [0, 0.05) is 37.8 Å². The lowest BCUT2D eigenvalue weighted by atomic mass is 10.2. The van der Waals surface area contributed by atoms with Crippen molar-refractivity contribution in [3.8, 4) is 0 Å². The van der Waals surface area contributed by atoms with Crippen LogP contribution in [0.3, 0.4) is 0 Å². The van der Waals surface area contributed by atoms with E-state index in [0.29, 0.717) is 11.4 Å². The molecule has 17 heavy (non-hydrogen) atoms. The number of nitrogens with one attached hydrogen (secondary N) is 3. The first kappa shape index (κ1) is 15.2. The summed E-state index contributed by atoms with van der Waals surface area (Å²) in [6.07, 6.45) is 0. The van der Waals surface area contributed by atoms with Crippen LogP contribution in [0.15, 0.2) is 10.9 Å². The highest BCUT2D eigenvalue weighted by Gasteiger charge is 2.05. The maximum Gasteiger partial charge on any atom is 0.217 e. The number of aromatic nitrogens is 1. The van der Waals surface area contributed by atoms with Gasteiger partial charge in [0.25, 0.3) is 0 Å². The monoisotopic (exact) mass is 239 g/mol. The minimum absolute atomic E-state index is 0.0793. The summed E-state index contributed by atoms with van der Waals surface area (Å²) in [6.45, 7) is 7.49. The van der Waals surface area contributed by atoms with Crippen molar-refractivity contribution in [2.75, 3.05) is 12.4 Å². The fourth-order valence-electron chi connectivity index (χ4n) is 1.28. The second kappa shape index (κ2) is 7.49. The van der Waals surface area contributed by atoms with Crippen LogP contribution in [0, 0.1) is 6.92 Å². The number of hydrogen-bond acceptors (Lipinski definition) is 3. The van der Waals surface area contributed by atoms with Crippen LogP contribution in [-0.2, 0) is 11.3 Å². The van der Waals surface area contributed by atoms with Gasteiger partial charge in [-0.1, -0.05) is 13.8 Å². The van der Waals surface area contributed by atoms with Crippen molar-refractivity contribution in [2.24, 2.45) is 0 Å². The molecular formula is C12H21N3O2. The average Bonchev–Trinajstić information content (AvgIpc) is 2.30. The Balaban J connectivity index is 0.00000121. The molecule has 0 atom stereocenters. The van der Waals surface area contributed by atoms with Gasteiger partial charge in [-0.25, -0.2) is 0 Å². The molecule has 0 radical (unpaired) electrons. The lowest BCUT2D eigenvalue weighted by molar-refractivity contribution is -0.119. The molecule has 1 amide bonds. The molecule has 0 spiro atoms. The number of hydrogen-bond donors (Lipinski definition) is 3. The molecule has 1 heterocycles. The van der Waals surface area contributed by atoms with E-state index in [-0.39, 0.29) is 17.9 Å². The average molecular weight is 239 g/mol. The van der Waals surface area contributed by atoms with Crippen LogP contribution >= 0.6 is 0 Å². The first-order valence-electron chi connectivity index (χ1n) is 5.69. The summed E-state index contributed by atoms with van der Waals surface area (Å²) in [5.41, 5.74) is 1.27. The van der Waals surface area contributed by atoms with E-state index in [2.05, 4.69) is 15.6 Å². The zero-order valence-corrected chi connectivity index (χ0v) is 11.1. The molecule has 5 nitrogen and oxygen atoms in total. The van der Waals surface area contributed by atoms with Crippen molar-refractivity contribution in [3.05, 3.63) is 27.5 Å².